The molecule has 0 saturated carbocycles. The summed E-state index contributed by atoms with van der Waals surface area (Å²) < 4.78 is 40.8. The maximum Gasteiger partial charge on any atom is 0.573 e. The van der Waals surface area contributed by atoms with E-state index in [-0.39, 0.29) is 11.8 Å². The van der Waals surface area contributed by atoms with Crippen molar-refractivity contribution in [3.8, 4) is 23.1 Å². The first-order valence-corrected chi connectivity index (χ1v) is 11.3. The molecule has 0 spiro atoms. The number of nitrogens with zero attached hydrogens (tertiary/aromatic N) is 5. The molecule has 4 aromatic rings. The van der Waals surface area contributed by atoms with E-state index in [1.165, 1.54) is 18.5 Å². The van der Waals surface area contributed by atoms with Crippen molar-refractivity contribution in [2.45, 2.75) is 6.36 Å². The second-order valence-electron chi connectivity index (χ2n) is 8.31. The summed E-state index contributed by atoms with van der Waals surface area (Å²) in [5.41, 5.74) is 3.40. The Balaban J connectivity index is 1.23. The third-order valence-electron chi connectivity index (χ3n) is 5.94. The predicted octanol–water partition coefficient (Wildman–Crippen LogP) is 4.75. The SMILES string of the molecule is N#Cc1ccc(-c2cc3c(N4CCN(C(=O)Nc5ccc(OC(F)(F)F)cc5)CC4)ncnc3[nH]2)cc1. The van der Waals surface area contributed by atoms with Crippen LogP contribution in [0.5, 0.6) is 5.75 Å². The minimum absolute atomic E-state index is 0.346. The number of amides is 2. The van der Waals surface area contributed by atoms with Crippen LogP contribution < -0.4 is 15.0 Å². The summed E-state index contributed by atoms with van der Waals surface area (Å²) in [6.07, 6.45) is -3.28. The Hall–Kier alpha value is -4.79. The monoisotopic (exact) mass is 507 g/mol. The molecule has 0 radical (unpaired) electrons. The van der Waals surface area contributed by atoms with Gasteiger partial charge in [-0.2, -0.15) is 5.26 Å². The van der Waals surface area contributed by atoms with Crippen LogP contribution in [0.1, 0.15) is 5.56 Å². The first kappa shape index (κ1) is 23.9. The van der Waals surface area contributed by atoms with Crippen LogP contribution in [0.2, 0.25) is 0 Å². The average Bonchev–Trinajstić information content (AvgIpc) is 3.34. The Bertz CT molecular complexity index is 1450. The van der Waals surface area contributed by atoms with Gasteiger partial charge in [0.1, 0.15) is 23.5 Å². The number of carbonyl (C=O) groups is 1. The van der Waals surface area contributed by atoms with Crippen LogP contribution in [0.3, 0.4) is 0 Å². The molecule has 1 saturated heterocycles. The number of nitrogens with one attached hydrogen (secondary N) is 2. The molecule has 1 fully saturated rings. The molecule has 37 heavy (non-hydrogen) atoms. The number of rotatable bonds is 4. The molecule has 2 aromatic heterocycles. The van der Waals surface area contributed by atoms with Crippen LogP contribution in [-0.2, 0) is 0 Å². The number of hydrogen-bond acceptors (Lipinski definition) is 6. The first-order chi connectivity index (χ1) is 17.8. The topological polar surface area (TPSA) is 110 Å². The minimum atomic E-state index is -4.77. The fraction of sp³-hybridized carbons (Fsp3) is 0.200. The average molecular weight is 507 g/mol. The highest BCUT2D eigenvalue weighted by atomic mass is 19.4. The maximum absolute atomic E-state index is 12.7. The first-order valence-electron chi connectivity index (χ1n) is 11.3. The number of hydrogen-bond donors (Lipinski definition) is 2. The van der Waals surface area contributed by atoms with Crippen molar-refractivity contribution >= 4 is 28.6 Å². The number of piperazine rings is 1. The Morgan fingerprint density at radius 2 is 1.73 bits per heavy atom. The highest BCUT2D eigenvalue weighted by Crippen LogP contribution is 2.29. The van der Waals surface area contributed by atoms with Crippen molar-refractivity contribution < 1.29 is 22.7 Å². The van der Waals surface area contributed by atoms with Crippen LogP contribution in [0.25, 0.3) is 22.3 Å². The molecule has 2 N–H and O–H groups in total. The number of aromatic nitrogens is 3. The molecule has 1 aliphatic heterocycles. The van der Waals surface area contributed by atoms with Crippen LogP contribution in [0, 0.1) is 11.3 Å². The smallest absolute Gasteiger partial charge is 0.406 e. The summed E-state index contributed by atoms with van der Waals surface area (Å²) in [7, 11) is 0. The number of alkyl halides is 3. The third-order valence-corrected chi connectivity index (χ3v) is 5.94. The summed E-state index contributed by atoms with van der Waals surface area (Å²) in [6, 6.07) is 16.0. The van der Waals surface area contributed by atoms with Gasteiger partial charge in [0.2, 0.25) is 0 Å². The number of halogens is 3. The lowest BCUT2D eigenvalue weighted by atomic mass is 10.1. The Morgan fingerprint density at radius 1 is 1.03 bits per heavy atom. The van der Waals surface area contributed by atoms with Gasteiger partial charge in [-0.3, -0.25) is 0 Å². The molecular weight excluding hydrogens is 487 g/mol. The van der Waals surface area contributed by atoms with Gasteiger partial charge in [-0.25, -0.2) is 14.8 Å². The van der Waals surface area contributed by atoms with Crippen LogP contribution in [-0.4, -0.2) is 58.4 Å². The molecule has 2 aromatic carbocycles. The van der Waals surface area contributed by atoms with Crippen molar-refractivity contribution in [1.29, 1.82) is 5.26 Å². The molecule has 188 valence electrons. The van der Waals surface area contributed by atoms with Gasteiger partial charge in [-0.05, 0) is 48.0 Å². The number of H-pyrrole nitrogens is 1. The molecule has 12 heteroatoms. The van der Waals surface area contributed by atoms with E-state index in [4.69, 9.17) is 5.26 Å². The van der Waals surface area contributed by atoms with Crippen LogP contribution in [0.4, 0.5) is 29.5 Å². The second-order valence-corrected chi connectivity index (χ2v) is 8.31. The summed E-state index contributed by atoms with van der Waals surface area (Å²) in [5.74, 6) is 0.392. The van der Waals surface area contributed by atoms with Gasteiger partial charge in [0.15, 0.2) is 0 Å². The molecular formula is C25H20F3N7O2. The lowest BCUT2D eigenvalue weighted by Crippen LogP contribution is -2.50. The third kappa shape index (κ3) is 5.40. The van der Waals surface area contributed by atoms with Crippen molar-refractivity contribution in [2.75, 3.05) is 36.4 Å². The van der Waals surface area contributed by atoms with E-state index >= 15 is 0 Å². The highest BCUT2D eigenvalue weighted by Gasteiger charge is 2.31. The second kappa shape index (κ2) is 9.69. The zero-order chi connectivity index (χ0) is 26.0. The van der Waals surface area contributed by atoms with Gasteiger partial charge in [-0.1, -0.05) is 12.1 Å². The summed E-state index contributed by atoms with van der Waals surface area (Å²) in [6.45, 7) is 1.93. The number of ether oxygens (including phenoxy) is 1. The van der Waals surface area contributed by atoms with Crippen molar-refractivity contribution in [3.63, 3.8) is 0 Å². The molecule has 5 rings (SSSR count). The highest BCUT2D eigenvalue weighted by molar-refractivity contribution is 5.92. The van der Waals surface area contributed by atoms with Gasteiger partial charge in [0, 0.05) is 37.6 Å². The summed E-state index contributed by atoms with van der Waals surface area (Å²) >= 11 is 0. The Labute approximate surface area is 209 Å². The molecule has 3 heterocycles. The van der Waals surface area contributed by atoms with Crippen molar-refractivity contribution in [3.05, 3.63) is 66.5 Å². The normalized spacial score (nSPS) is 13.9. The van der Waals surface area contributed by atoms with Crippen LogP contribution in [0.15, 0.2) is 60.9 Å². The van der Waals surface area contributed by atoms with E-state index in [2.05, 4.69) is 36.0 Å². The van der Waals surface area contributed by atoms with Gasteiger partial charge < -0.3 is 24.8 Å². The fourth-order valence-corrected chi connectivity index (χ4v) is 4.12. The van der Waals surface area contributed by atoms with Gasteiger partial charge in [0.25, 0.3) is 0 Å². The van der Waals surface area contributed by atoms with E-state index in [0.717, 1.165) is 34.6 Å². The molecule has 1 aliphatic rings. The molecule has 2 amide bonds. The lowest BCUT2D eigenvalue weighted by molar-refractivity contribution is -0.274. The zero-order valence-electron chi connectivity index (χ0n) is 19.3. The van der Waals surface area contributed by atoms with Crippen molar-refractivity contribution in [1.82, 2.24) is 19.9 Å². The van der Waals surface area contributed by atoms with Gasteiger partial charge in [-0.15, -0.1) is 13.2 Å². The largest absolute Gasteiger partial charge is 0.573 e. The van der Waals surface area contributed by atoms with Crippen LogP contribution >= 0.6 is 0 Å². The summed E-state index contributed by atoms with van der Waals surface area (Å²) in [5, 5.41) is 12.6. The van der Waals surface area contributed by atoms with E-state index in [0.29, 0.717) is 43.1 Å². The van der Waals surface area contributed by atoms with E-state index in [9.17, 15) is 18.0 Å². The number of aromatic amines is 1. The number of fused-ring (bicyclic) bond motifs is 1. The zero-order valence-corrected chi connectivity index (χ0v) is 19.3. The number of carbonyl (C=O) groups excluding carboxylic acids is 1. The predicted molar refractivity (Wildman–Crippen MR) is 130 cm³/mol. The minimum Gasteiger partial charge on any atom is -0.406 e. The van der Waals surface area contributed by atoms with E-state index < -0.39 is 6.36 Å². The van der Waals surface area contributed by atoms with E-state index in [1.54, 1.807) is 17.0 Å². The van der Waals surface area contributed by atoms with E-state index in [1.807, 2.05) is 18.2 Å². The Kier molecular flexibility index (Phi) is 6.27. The maximum atomic E-state index is 12.7. The molecule has 9 nitrogen and oxygen atoms in total. The number of nitriles is 1. The van der Waals surface area contributed by atoms with Gasteiger partial charge in [0.05, 0.1) is 17.0 Å². The number of urea groups is 1. The quantitative estimate of drug-likeness (QED) is 0.413. The van der Waals surface area contributed by atoms with Gasteiger partial charge >= 0.3 is 12.4 Å². The number of benzene rings is 2. The van der Waals surface area contributed by atoms with Crippen molar-refractivity contribution in [2.24, 2.45) is 0 Å². The Morgan fingerprint density at radius 3 is 2.38 bits per heavy atom. The number of anilines is 2. The molecule has 0 bridgehead atoms. The molecule has 0 aliphatic carbocycles. The molecule has 0 atom stereocenters. The standard InChI is InChI=1S/C25H20F3N7O2/c26-25(27,28)37-19-7-5-18(6-8-19)32-24(36)35-11-9-34(10-12-35)23-20-13-21(33-22(20)30-15-31-23)17-3-1-16(14-29)2-4-17/h1-8,13,15H,9-12H2,(H,32,36)(H,30,31,33). The fourth-order valence-electron chi connectivity index (χ4n) is 4.12. The lowest BCUT2D eigenvalue weighted by Gasteiger charge is -2.35. The summed E-state index contributed by atoms with van der Waals surface area (Å²) in [4.78, 5) is 28.5. The molecule has 0 unspecified atom stereocenters.